The maximum atomic E-state index is 10.8. The molecule has 98 valence electrons. The summed E-state index contributed by atoms with van der Waals surface area (Å²) in [5, 5.41) is 0. The van der Waals surface area contributed by atoms with Gasteiger partial charge in [0.25, 0.3) is 0 Å². The lowest BCUT2D eigenvalue weighted by Crippen LogP contribution is -2.27. The molecule has 0 fully saturated rings. The summed E-state index contributed by atoms with van der Waals surface area (Å²) >= 11 is 0. The van der Waals surface area contributed by atoms with Crippen LogP contribution >= 0.6 is 0 Å². The minimum Gasteiger partial charge on any atom is -0.302 e. The minimum atomic E-state index is 0.488. The smallest absolute Gasteiger partial charge is 0.133 e. The van der Waals surface area contributed by atoms with Gasteiger partial charge in [-0.2, -0.15) is 0 Å². The normalized spacial score (nSPS) is 10.6. The average molecular weight is 253 g/mol. The number of hydrogen-bond donors (Lipinski definition) is 0. The summed E-state index contributed by atoms with van der Waals surface area (Å²) in [6, 6.07) is 20.7. The van der Waals surface area contributed by atoms with E-state index >= 15 is 0 Å². The average Bonchev–Trinajstić information content (AvgIpc) is 2.47. The van der Waals surface area contributed by atoms with Crippen LogP contribution in [0, 0.1) is 0 Å². The number of hydrogen-bond acceptors (Lipinski definition) is 2. The van der Waals surface area contributed by atoms with Crippen molar-refractivity contribution in [2.45, 2.75) is 13.0 Å². The summed E-state index contributed by atoms with van der Waals surface area (Å²) in [6.45, 7) is 2.21. The molecule has 0 amide bonds. The molecule has 0 saturated carbocycles. The number of nitrogens with zero attached hydrogens (tertiary/aromatic N) is 1. The van der Waals surface area contributed by atoms with Crippen molar-refractivity contribution in [3.63, 3.8) is 0 Å². The second kappa shape index (κ2) is 7.49. The Labute approximate surface area is 114 Å². The van der Waals surface area contributed by atoms with Crippen molar-refractivity contribution in [2.75, 3.05) is 13.1 Å². The molecule has 0 aromatic heterocycles. The van der Waals surface area contributed by atoms with Crippen LogP contribution in [0.5, 0.6) is 0 Å². The highest BCUT2D eigenvalue weighted by Crippen LogP contribution is 2.06. The maximum Gasteiger partial charge on any atom is 0.133 e. The Morgan fingerprint density at radius 2 is 1.42 bits per heavy atom. The Morgan fingerprint density at radius 3 is 2.00 bits per heavy atom. The van der Waals surface area contributed by atoms with Gasteiger partial charge in [0.05, 0.1) is 6.54 Å². The van der Waals surface area contributed by atoms with Gasteiger partial charge in [-0.3, -0.25) is 4.90 Å². The van der Waals surface area contributed by atoms with Gasteiger partial charge in [0.1, 0.15) is 6.29 Å². The van der Waals surface area contributed by atoms with Gasteiger partial charge in [-0.15, -0.1) is 0 Å². The Hall–Kier alpha value is -1.93. The molecule has 0 atom stereocenters. The molecule has 2 heteroatoms. The molecule has 0 aliphatic carbocycles. The highest BCUT2D eigenvalue weighted by atomic mass is 16.1. The van der Waals surface area contributed by atoms with Crippen LogP contribution in [0.25, 0.3) is 0 Å². The summed E-state index contributed by atoms with van der Waals surface area (Å²) < 4.78 is 0. The summed E-state index contributed by atoms with van der Waals surface area (Å²) in [4.78, 5) is 13.0. The van der Waals surface area contributed by atoms with Crippen molar-refractivity contribution in [1.29, 1.82) is 0 Å². The summed E-state index contributed by atoms with van der Waals surface area (Å²) in [5.41, 5.74) is 2.56. The van der Waals surface area contributed by atoms with Gasteiger partial charge in [0, 0.05) is 13.1 Å². The molecule has 0 radical (unpaired) electrons. The molecule has 0 heterocycles. The van der Waals surface area contributed by atoms with Gasteiger partial charge < -0.3 is 4.79 Å². The highest BCUT2D eigenvalue weighted by molar-refractivity contribution is 5.52. The van der Waals surface area contributed by atoms with E-state index in [-0.39, 0.29) is 0 Å². The fourth-order valence-electron chi connectivity index (χ4n) is 2.11. The first kappa shape index (κ1) is 13.5. The number of rotatable bonds is 7. The zero-order chi connectivity index (χ0) is 13.3. The van der Waals surface area contributed by atoms with Crippen LogP contribution in [0.1, 0.15) is 11.1 Å². The third-order valence-corrected chi connectivity index (χ3v) is 3.14. The molecular formula is C17H19NO. The van der Waals surface area contributed by atoms with E-state index < -0.39 is 0 Å². The molecule has 0 aliphatic heterocycles. The standard InChI is InChI=1S/C17H19NO/c19-14-13-18(15-17-9-5-2-6-10-17)12-11-16-7-3-1-4-8-16/h1-10,14H,11-13,15H2. The Balaban J connectivity index is 1.91. The summed E-state index contributed by atoms with van der Waals surface area (Å²) in [7, 11) is 0. The van der Waals surface area contributed by atoms with Gasteiger partial charge in [0.15, 0.2) is 0 Å². The lowest BCUT2D eigenvalue weighted by molar-refractivity contribution is -0.109. The molecule has 0 N–H and O–H groups in total. The number of carbonyl (C=O) groups excluding carboxylic acids is 1. The van der Waals surface area contributed by atoms with Crippen molar-refractivity contribution in [3.8, 4) is 0 Å². The molecular weight excluding hydrogens is 234 g/mol. The maximum absolute atomic E-state index is 10.8. The SMILES string of the molecule is O=CCN(CCc1ccccc1)Cc1ccccc1. The number of aldehydes is 1. The van der Waals surface area contributed by atoms with E-state index in [0.29, 0.717) is 6.54 Å². The molecule has 2 rings (SSSR count). The third-order valence-electron chi connectivity index (χ3n) is 3.14. The fraction of sp³-hybridized carbons (Fsp3) is 0.235. The van der Waals surface area contributed by atoms with Crippen molar-refractivity contribution in [1.82, 2.24) is 4.90 Å². The highest BCUT2D eigenvalue weighted by Gasteiger charge is 2.05. The molecule has 0 saturated heterocycles. The van der Waals surface area contributed by atoms with Crippen molar-refractivity contribution in [3.05, 3.63) is 71.8 Å². The number of carbonyl (C=O) groups is 1. The van der Waals surface area contributed by atoms with Crippen LogP contribution in [0.2, 0.25) is 0 Å². The zero-order valence-corrected chi connectivity index (χ0v) is 11.0. The topological polar surface area (TPSA) is 20.3 Å². The first-order valence-corrected chi connectivity index (χ1v) is 6.62. The monoisotopic (exact) mass is 253 g/mol. The van der Waals surface area contributed by atoms with E-state index in [2.05, 4.69) is 41.3 Å². The van der Waals surface area contributed by atoms with E-state index in [0.717, 1.165) is 25.8 Å². The molecule has 0 spiro atoms. The molecule has 2 aromatic carbocycles. The Kier molecular flexibility index (Phi) is 5.32. The molecule has 0 unspecified atom stereocenters. The molecule has 0 aliphatic rings. The number of benzene rings is 2. The van der Waals surface area contributed by atoms with Gasteiger partial charge >= 0.3 is 0 Å². The predicted molar refractivity (Wildman–Crippen MR) is 77.9 cm³/mol. The molecule has 0 bridgehead atoms. The molecule has 2 aromatic rings. The first-order chi connectivity index (χ1) is 9.38. The zero-order valence-electron chi connectivity index (χ0n) is 11.0. The van der Waals surface area contributed by atoms with Gasteiger partial charge in [-0.25, -0.2) is 0 Å². The largest absolute Gasteiger partial charge is 0.302 e. The third kappa shape index (κ3) is 4.68. The predicted octanol–water partition coefficient (Wildman–Crippen LogP) is 2.93. The first-order valence-electron chi connectivity index (χ1n) is 6.62. The van der Waals surface area contributed by atoms with Crippen LogP contribution in [0.3, 0.4) is 0 Å². The van der Waals surface area contributed by atoms with Crippen LogP contribution < -0.4 is 0 Å². The van der Waals surface area contributed by atoms with E-state index in [1.54, 1.807) is 0 Å². The summed E-state index contributed by atoms with van der Waals surface area (Å²) in [5.74, 6) is 0. The van der Waals surface area contributed by atoms with Gasteiger partial charge in [0.2, 0.25) is 0 Å². The van der Waals surface area contributed by atoms with Crippen LogP contribution in [-0.4, -0.2) is 24.3 Å². The van der Waals surface area contributed by atoms with Crippen molar-refractivity contribution in [2.24, 2.45) is 0 Å². The van der Waals surface area contributed by atoms with Crippen molar-refractivity contribution < 1.29 is 4.79 Å². The second-order valence-corrected chi connectivity index (χ2v) is 4.62. The van der Waals surface area contributed by atoms with E-state index in [9.17, 15) is 4.79 Å². The quantitative estimate of drug-likeness (QED) is 0.707. The summed E-state index contributed by atoms with van der Waals surface area (Å²) in [6.07, 6.45) is 1.95. The fourth-order valence-corrected chi connectivity index (χ4v) is 2.11. The minimum absolute atomic E-state index is 0.488. The second-order valence-electron chi connectivity index (χ2n) is 4.62. The Bertz CT molecular complexity index is 481. The molecule has 2 nitrogen and oxygen atoms in total. The van der Waals surface area contributed by atoms with E-state index in [1.165, 1.54) is 11.1 Å². The van der Waals surface area contributed by atoms with Gasteiger partial charge in [-0.1, -0.05) is 60.7 Å². The van der Waals surface area contributed by atoms with Crippen LogP contribution in [0.4, 0.5) is 0 Å². The van der Waals surface area contributed by atoms with Gasteiger partial charge in [-0.05, 0) is 17.5 Å². The lowest BCUT2D eigenvalue weighted by Gasteiger charge is -2.19. The van der Waals surface area contributed by atoms with E-state index in [4.69, 9.17) is 0 Å². The molecule has 19 heavy (non-hydrogen) atoms. The Morgan fingerprint density at radius 1 is 0.842 bits per heavy atom. The van der Waals surface area contributed by atoms with Crippen LogP contribution in [-0.2, 0) is 17.8 Å². The van der Waals surface area contributed by atoms with Crippen LogP contribution in [0.15, 0.2) is 60.7 Å². The van der Waals surface area contributed by atoms with Crippen molar-refractivity contribution >= 4 is 6.29 Å². The lowest BCUT2D eigenvalue weighted by atomic mass is 10.1. The van der Waals surface area contributed by atoms with E-state index in [1.807, 2.05) is 24.3 Å².